The highest BCUT2D eigenvalue weighted by molar-refractivity contribution is 5.96. The number of alkyl halides is 3. The third-order valence-corrected chi connectivity index (χ3v) is 7.94. The van der Waals surface area contributed by atoms with Gasteiger partial charge in [-0.15, -0.1) is 13.2 Å². The number of amides is 1. The van der Waals surface area contributed by atoms with Crippen molar-refractivity contribution in [3.63, 3.8) is 0 Å². The Morgan fingerprint density at radius 3 is 2.44 bits per heavy atom. The number of nitrogens with one attached hydrogen (secondary N) is 2. The predicted octanol–water partition coefficient (Wildman–Crippen LogP) is 8.09. The lowest BCUT2D eigenvalue weighted by Gasteiger charge is -2.40. The summed E-state index contributed by atoms with van der Waals surface area (Å²) in [6.07, 6.45) is -1.84. The monoisotopic (exact) mass is 624 g/mol. The zero-order valence-corrected chi connectivity index (χ0v) is 25.4. The quantitative estimate of drug-likeness (QED) is 0.172. The number of ether oxygens (including phenoxy) is 2. The standard InChI is InChI=1S/C33H35F3N4O5/c1-19-14-22(17-32(3,4)16-19)40-28-13-12-24(44-18-29(41)38-26-7-5-6-25(20(26)2)30(42)43)15-27(28)39-31(40)37-21-8-10-23(11-9-21)45-33(34,35)36/h5-13,15,19,22H,14,16-18H2,1-4H3,(H,37,39)(H,38,41)(H,42,43)/t19-,22+/m1/s1. The van der Waals surface area contributed by atoms with Gasteiger partial charge in [0.2, 0.25) is 5.95 Å². The lowest BCUT2D eigenvalue weighted by atomic mass is 9.70. The van der Waals surface area contributed by atoms with Crippen molar-refractivity contribution >= 4 is 40.2 Å². The number of imidazole rings is 1. The first-order valence-electron chi connectivity index (χ1n) is 14.6. The van der Waals surface area contributed by atoms with Crippen LogP contribution in [0.4, 0.5) is 30.5 Å². The fraction of sp³-hybridized carbons (Fsp3) is 0.364. The lowest BCUT2D eigenvalue weighted by molar-refractivity contribution is -0.274. The first kappa shape index (κ1) is 31.7. The van der Waals surface area contributed by atoms with Crippen molar-refractivity contribution in [1.82, 2.24) is 9.55 Å². The van der Waals surface area contributed by atoms with Crippen molar-refractivity contribution < 1.29 is 37.3 Å². The minimum absolute atomic E-state index is 0.0977. The van der Waals surface area contributed by atoms with Gasteiger partial charge >= 0.3 is 12.3 Å². The van der Waals surface area contributed by atoms with E-state index in [4.69, 9.17) is 9.72 Å². The first-order valence-corrected chi connectivity index (χ1v) is 14.6. The normalized spacial score (nSPS) is 17.9. The van der Waals surface area contributed by atoms with Crippen LogP contribution in [0.1, 0.15) is 62.0 Å². The molecule has 0 bridgehead atoms. The molecule has 1 aliphatic carbocycles. The minimum Gasteiger partial charge on any atom is -0.484 e. The predicted molar refractivity (Wildman–Crippen MR) is 164 cm³/mol. The first-order chi connectivity index (χ1) is 21.2. The molecule has 5 rings (SSSR count). The maximum absolute atomic E-state index is 12.7. The van der Waals surface area contributed by atoms with E-state index in [2.05, 4.69) is 40.7 Å². The fourth-order valence-corrected chi connectivity index (χ4v) is 6.33. The smallest absolute Gasteiger partial charge is 0.484 e. The van der Waals surface area contributed by atoms with Crippen molar-refractivity contribution in [2.45, 2.75) is 59.4 Å². The molecule has 1 saturated carbocycles. The average Bonchev–Trinajstić information content (AvgIpc) is 3.29. The summed E-state index contributed by atoms with van der Waals surface area (Å²) in [6, 6.07) is 15.6. The molecule has 0 radical (unpaired) electrons. The van der Waals surface area contributed by atoms with E-state index in [1.54, 1.807) is 31.2 Å². The van der Waals surface area contributed by atoms with Crippen LogP contribution in [0.15, 0.2) is 60.7 Å². The molecule has 0 saturated heterocycles. The zero-order valence-electron chi connectivity index (χ0n) is 25.4. The molecule has 1 heterocycles. The molecule has 1 fully saturated rings. The number of benzene rings is 3. The van der Waals surface area contributed by atoms with E-state index in [-0.39, 0.29) is 29.4 Å². The summed E-state index contributed by atoms with van der Waals surface area (Å²) < 4.78 is 49.8. The molecular formula is C33H35F3N4O5. The van der Waals surface area contributed by atoms with Crippen LogP contribution in [0.2, 0.25) is 0 Å². The summed E-state index contributed by atoms with van der Waals surface area (Å²) in [5.74, 6) is -0.433. The van der Waals surface area contributed by atoms with E-state index in [0.717, 1.165) is 24.8 Å². The number of hydrogen-bond acceptors (Lipinski definition) is 6. The second kappa shape index (κ2) is 12.3. The second-order valence-electron chi connectivity index (χ2n) is 12.3. The maximum Gasteiger partial charge on any atom is 0.573 e. The molecular weight excluding hydrogens is 589 g/mol. The van der Waals surface area contributed by atoms with Crippen LogP contribution in [0, 0.1) is 18.3 Å². The molecule has 1 amide bonds. The summed E-state index contributed by atoms with van der Waals surface area (Å²) in [6.45, 7) is 8.04. The SMILES string of the molecule is Cc1c(NC(=O)COc2ccc3c(c2)nc(Nc2ccc(OC(F)(F)F)cc2)n3[C@H]2C[C@@H](C)CC(C)(C)C2)cccc1C(=O)O. The van der Waals surface area contributed by atoms with Gasteiger partial charge in [-0.05, 0) is 91.6 Å². The van der Waals surface area contributed by atoms with Gasteiger partial charge in [0.05, 0.1) is 16.6 Å². The molecule has 45 heavy (non-hydrogen) atoms. The van der Waals surface area contributed by atoms with Crippen molar-refractivity contribution in [1.29, 1.82) is 0 Å². The number of aromatic carboxylic acids is 1. The maximum atomic E-state index is 12.7. The molecule has 2 atom stereocenters. The van der Waals surface area contributed by atoms with Gasteiger partial charge < -0.3 is 29.8 Å². The molecule has 1 aliphatic rings. The van der Waals surface area contributed by atoms with Gasteiger partial charge in [-0.1, -0.05) is 26.8 Å². The number of hydrogen-bond donors (Lipinski definition) is 3. The summed E-state index contributed by atoms with van der Waals surface area (Å²) >= 11 is 0. The summed E-state index contributed by atoms with van der Waals surface area (Å²) in [5.41, 5.74) is 3.03. The largest absolute Gasteiger partial charge is 0.573 e. The van der Waals surface area contributed by atoms with Gasteiger partial charge in [-0.3, -0.25) is 4.79 Å². The molecule has 3 aromatic carbocycles. The number of fused-ring (bicyclic) bond motifs is 1. The third-order valence-electron chi connectivity index (χ3n) is 7.94. The van der Waals surface area contributed by atoms with Crippen LogP contribution >= 0.6 is 0 Å². The van der Waals surface area contributed by atoms with Crippen molar-refractivity contribution in [2.24, 2.45) is 11.3 Å². The van der Waals surface area contributed by atoms with Crippen LogP contribution in [0.3, 0.4) is 0 Å². The molecule has 3 N–H and O–H groups in total. The van der Waals surface area contributed by atoms with Gasteiger partial charge in [0.1, 0.15) is 11.5 Å². The molecule has 4 aromatic rings. The van der Waals surface area contributed by atoms with Gasteiger partial charge in [0.15, 0.2) is 6.61 Å². The Kier molecular flexibility index (Phi) is 8.68. The number of nitrogens with zero attached hydrogens (tertiary/aromatic N) is 2. The average molecular weight is 625 g/mol. The molecule has 0 aliphatic heterocycles. The Labute approximate surface area is 258 Å². The number of anilines is 3. The Balaban J connectivity index is 1.39. The number of rotatable bonds is 9. The number of carbonyl (C=O) groups is 2. The van der Waals surface area contributed by atoms with Crippen molar-refractivity contribution in [2.75, 3.05) is 17.2 Å². The lowest BCUT2D eigenvalue weighted by Crippen LogP contribution is -2.29. The third kappa shape index (κ3) is 7.68. The van der Waals surface area contributed by atoms with E-state index < -0.39 is 18.2 Å². The summed E-state index contributed by atoms with van der Waals surface area (Å²) in [5, 5.41) is 15.3. The highest BCUT2D eigenvalue weighted by Gasteiger charge is 2.35. The van der Waals surface area contributed by atoms with E-state index in [9.17, 15) is 27.9 Å². The highest BCUT2D eigenvalue weighted by Crippen LogP contribution is 2.46. The topological polar surface area (TPSA) is 115 Å². The number of carboxylic acids is 1. The fourth-order valence-electron chi connectivity index (χ4n) is 6.33. The van der Waals surface area contributed by atoms with E-state index in [1.807, 2.05) is 6.07 Å². The molecule has 238 valence electrons. The number of aromatic nitrogens is 2. The molecule has 9 nitrogen and oxygen atoms in total. The van der Waals surface area contributed by atoms with Crippen LogP contribution in [0.25, 0.3) is 11.0 Å². The van der Waals surface area contributed by atoms with E-state index >= 15 is 0 Å². The summed E-state index contributed by atoms with van der Waals surface area (Å²) in [7, 11) is 0. The van der Waals surface area contributed by atoms with Gasteiger partial charge in [0.25, 0.3) is 5.91 Å². The Morgan fingerprint density at radius 2 is 1.78 bits per heavy atom. The molecule has 0 unspecified atom stereocenters. The Bertz CT molecular complexity index is 1720. The van der Waals surface area contributed by atoms with E-state index in [1.165, 1.54) is 30.3 Å². The Morgan fingerprint density at radius 1 is 1.07 bits per heavy atom. The molecule has 12 heteroatoms. The van der Waals surface area contributed by atoms with Crippen LogP contribution in [-0.2, 0) is 4.79 Å². The van der Waals surface area contributed by atoms with Gasteiger partial charge in [-0.25, -0.2) is 9.78 Å². The minimum atomic E-state index is -4.78. The van der Waals surface area contributed by atoms with Gasteiger partial charge in [-0.2, -0.15) is 0 Å². The zero-order chi connectivity index (χ0) is 32.5. The van der Waals surface area contributed by atoms with Crippen molar-refractivity contribution in [3.8, 4) is 11.5 Å². The number of halogens is 3. The van der Waals surface area contributed by atoms with Crippen LogP contribution in [-0.4, -0.2) is 39.5 Å². The summed E-state index contributed by atoms with van der Waals surface area (Å²) in [4.78, 5) is 28.9. The number of carboxylic acid groups (broad SMARTS) is 1. The van der Waals surface area contributed by atoms with Crippen LogP contribution in [0.5, 0.6) is 11.5 Å². The molecule has 1 aromatic heterocycles. The van der Waals surface area contributed by atoms with Gasteiger partial charge in [0, 0.05) is 23.5 Å². The molecule has 0 spiro atoms. The number of carbonyl (C=O) groups excluding carboxylic acids is 1. The Hall–Kier alpha value is -4.74. The second-order valence-corrected chi connectivity index (χ2v) is 12.3. The van der Waals surface area contributed by atoms with E-state index in [0.29, 0.717) is 40.1 Å². The van der Waals surface area contributed by atoms with Crippen LogP contribution < -0.4 is 20.1 Å². The van der Waals surface area contributed by atoms with Crippen molar-refractivity contribution in [3.05, 3.63) is 71.8 Å². The highest BCUT2D eigenvalue weighted by atomic mass is 19.4.